The van der Waals surface area contributed by atoms with Crippen LogP contribution in [0, 0.1) is 6.92 Å². The zero-order valence-corrected chi connectivity index (χ0v) is 17.0. The number of halogens is 1. The van der Waals surface area contributed by atoms with Crippen molar-refractivity contribution in [2.24, 2.45) is 0 Å². The quantitative estimate of drug-likeness (QED) is 0.404. The minimum absolute atomic E-state index is 0.709. The number of anilines is 2. The first-order chi connectivity index (χ1) is 14.2. The molecule has 1 N–H and O–H groups in total. The number of ether oxygens (including phenoxy) is 1. The van der Waals surface area contributed by atoms with E-state index in [4.69, 9.17) is 4.74 Å². The van der Waals surface area contributed by atoms with E-state index in [1.165, 1.54) is 6.33 Å². The van der Waals surface area contributed by atoms with Gasteiger partial charge in [-0.05, 0) is 55.0 Å². The maximum Gasteiger partial charge on any atom is 0.158 e. The van der Waals surface area contributed by atoms with Crippen molar-refractivity contribution in [3.8, 4) is 11.5 Å². The molecule has 0 radical (unpaired) electrons. The Balaban J connectivity index is 1.42. The Hall–Kier alpha value is -3.52. The monoisotopic (exact) mass is 446 g/mol. The third kappa shape index (κ3) is 3.50. The van der Waals surface area contributed by atoms with Gasteiger partial charge in [-0.3, -0.25) is 0 Å². The lowest BCUT2D eigenvalue weighted by Crippen LogP contribution is -1.97. The van der Waals surface area contributed by atoms with Crippen molar-refractivity contribution in [1.29, 1.82) is 0 Å². The van der Waals surface area contributed by atoms with Crippen LogP contribution in [-0.2, 0) is 0 Å². The van der Waals surface area contributed by atoms with Crippen LogP contribution in [0.4, 0.5) is 11.5 Å². The molecule has 0 aliphatic heterocycles. The Kier molecular flexibility index (Phi) is 4.33. The molecule has 7 nitrogen and oxygen atoms in total. The fourth-order valence-corrected chi connectivity index (χ4v) is 3.45. The molecule has 0 amide bonds. The summed E-state index contributed by atoms with van der Waals surface area (Å²) >= 11 is 3.51. The van der Waals surface area contributed by atoms with Crippen LogP contribution in [0.1, 0.15) is 5.56 Å². The van der Waals surface area contributed by atoms with Crippen molar-refractivity contribution in [3.05, 3.63) is 77.4 Å². The average Bonchev–Trinajstić information content (AvgIpc) is 3.18. The molecule has 3 heterocycles. The van der Waals surface area contributed by atoms with Crippen LogP contribution in [0.2, 0.25) is 0 Å². The van der Waals surface area contributed by atoms with E-state index in [0.717, 1.165) is 43.8 Å². The van der Waals surface area contributed by atoms with E-state index in [0.29, 0.717) is 5.75 Å². The second-order valence-electron chi connectivity index (χ2n) is 6.52. The van der Waals surface area contributed by atoms with Crippen LogP contribution in [0.5, 0.6) is 11.5 Å². The summed E-state index contributed by atoms with van der Waals surface area (Å²) in [4.78, 5) is 12.9. The summed E-state index contributed by atoms with van der Waals surface area (Å²) in [7, 11) is 0. The number of hydrogen-bond donors (Lipinski definition) is 1. The van der Waals surface area contributed by atoms with E-state index in [9.17, 15) is 0 Å². The summed E-state index contributed by atoms with van der Waals surface area (Å²) in [5.74, 6) is 2.23. The molecular formula is C21H15BrN6O. The predicted octanol–water partition coefficient (Wildman–Crippen LogP) is 5.28. The highest BCUT2D eigenvalue weighted by Gasteiger charge is 2.08. The molecule has 2 aromatic carbocycles. The van der Waals surface area contributed by atoms with E-state index in [1.807, 2.05) is 61.7 Å². The normalized spacial score (nSPS) is 11.1. The molecule has 0 aliphatic rings. The van der Waals surface area contributed by atoms with Gasteiger partial charge in [-0.1, -0.05) is 15.9 Å². The van der Waals surface area contributed by atoms with Gasteiger partial charge < -0.3 is 10.1 Å². The Morgan fingerprint density at radius 1 is 0.966 bits per heavy atom. The third-order valence-corrected chi connectivity index (χ3v) is 5.01. The first-order valence-corrected chi connectivity index (χ1v) is 9.70. The molecule has 29 heavy (non-hydrogen) atoms. The van der Waals surface area contributed by atoms with Gasteiger partial charge in [0.05, 0.1) is 5.52 Å². The molecular weight excluding hydrogens is 432 g/mol. The molecule has 0 unspecified atom stereocenters. The van der Waals surface area contributed by atoms with E-state index < -0.39 is 0 Å². The SMILES string of the molecule is Cc1cc(Nc2ncnc3ccc(Br)cc23)ccc1Oc1ccn2ncnc2c1. The number of benzene rings is 2. The lowest BCUT2D eigenvalue weighted by Gasteiger charge is -2.12. The molecule has 0 bridgehead atoms. The molecule has 5 aromatic rings. The van der Waals surface area contributed by atoms with Gasteiger partial charge in [-0.2, -0.15) is 5.10 Å². The standard InChI is InChI=1S/C21H15BrN6O/c1-13-8-15(27-21-17-9-14(22)2-4-18(17)23-11-25-21)3-5-19(13)29-16-6-7-28-20(10-16)24-12-26-28/h2-12H,1H3,(H,23,25,27). The van der Waals surface area contributed by atoms with Crippen molar-refractivity contribution in [1.82, 2.24) is 24.6 Å². The number of rotatable bonds is 4. The fourth-order valence-electron chi connectivity index (χ4n) is 3.09. The third-order valence-electron chi connectivity index (χ3n) is 4.51. The van der Waals surface area contributed by atoms with Crippen LogP contribution < -0.4 is 10.1 Å². The van der Waals surface area contributed by atoms with Crippen LogP contribution in [-0.4, -0.2) is 24.6 Å². The number of pyridine rings is 1. The molecule has 0 aliphatic carbocycles. The second-order valence-corrected chi connectivity index (χ2v) is 7.43. The van der Waals surface area contributed by atoms with Crippen LogP contribution in [0.25, 0.3) is 16.6 Å². The van der Waals surface area contributed by atoms with Crippen LogP contribution in [0.15, 0.2) is 71.9 Å². The number of aromatic nitrogens is 5. The Morgan fingerprint density at radius 3 is 2.79 bits per heavy atom. The number of nitrogens with one attached hydrogen (secondary N) is 1. The maximum absolute atomic E-state index is 6.04. The van der Waals surface area contributed by atoms with Crippen molar-refractivity contribution in [2.45, 2.75) is 6.92 Å². The van der Waals surface area contributed by atoms with Crippen LogP contribution in [0.3, 0.4) is 0 Å². The zero-order chi connectivity index (χ0) is 19.8. The summed E-state index contributed by atoms with van der Waals surface area (Å²) < 4.78 is 8.71. The highest BCUT2D eigenvalue weighted by Crippen LogP contribution is 2.30. The first kappa shape index (κ1) is 17.6. The molecule has 0 fully saturated rings. The van der Waals surface area contributed by atoms with Gasteiger partial charge in [0, 0.05) is 27.8 Å². The minimum atomic E-state index is 0.709. The summed E-state index contributed by atoms with van der Waals surface area (Å²) in [6.45, 7) is 2.00. The molecule has 0 spiro atoms. The van der Waals surface area contributed by atoms with Gasteiger partial charge in [-0.15, -0.1) is 0 Å². The molecule has 8 heteroatoms. The van der Waals surface area contributed by atoms with Crippen molar-refractivity contribution in [2.75, 3.05) is 5.32 Å². The average molecular weight is 447 g/mol. The van der Waals surface area contributed by atoms with E-state index in [1.54, 1.807) is 10.8 Å². The highest BCUT2D eigenvalue weighted by atomic mass is 79.9. The van der Waals surface area contributed by atoms with E-state index in [2.05, 4.69) is 41.3 Å². The fraction of sp³-hybridized carbons (Fsp3) is 0.0476. The lowest BCUT2D eigenvalue weighted by atomic mass is 10.2. The van der Waals surface area contributed by atoms with Crippen molar-refractivity contribution in [3.63, 3.8) is 0 Å². The molecule has 142 valence electrons. The molecule has 0 saturated carbocycles. The molecule has 3 aromatic heterocycles. The van der Waals surface area contributed by atoms with Gasteiger partial charge in [0.2, 0.25) is 0 Å². The maximum atomic E-state index is 6.04. The number of hydrogen-bond acceptors (Lipinski definition) is 6. The predicted molar refractivity (Wildman–Crippen MR) is 115 cm³/mol. The van der Waals surface area contributed by atoms with Gasteiger partial charge in [0.1, 0.15) is 30.0 Å². The lowest BCUT2D eigenvalue weighted by molar-refractivity contribution is 0.478. The topological polar surface area (TPSA) is 77.2 Å². The number of aryl methyl sites for hydroxylation is 1. The minimum Gasteiger partial charge on any atom is -0.457 e. The summed E-state index contributed by atoms with van der Waals surface area (Å²) in [6.07, 6.45) is 4.89. The van der Waals surface area contributed by atoms with Gasteiger partial charge in [0.15, 0.2) is 5.65 Å². The zero-order valence-electron chi connectivity index (χ0n) is 15.4. The summed E-state index contributed by atoms with van der Waals surface area (Å²) in [6, 6.07) is 15.6. The molecule has 0 saturated heterocycles. The van der Waals surface area contributed by atoms with Crippen molar-refractivity contribution < 1.29 is 4.74 Å². The van der Waals surface area contributed by atoms with Gasteiger partial charge in [0.25, 0.3) is 0 Å². The Bertz CT molecular complexity index is 1350. The Morgan fingerprint density at radius 2 is 1.90 bits per heavy atom. The van der Waals surface area contributed by atoms with Crippen molar-refractivity contribution >= 4 is 44.0 Å². The van der Waals surface area contributed by atoms with Gasteiger partial charge >= 0.3 is 0 Å². The summed E-state index contributed by atoms with van der Waals surface area (Å²) in [5, 5.41) is 8.41. The van der Waals surface area contributed by atoms with Gasteiger partial charge in [-0.25, -0.2) is 19.5 Å². The Labute approximate surface area is 174 Å². The number of fused-ring (bicyclic) bond motifs is 2. The number of nitrogens with zero attached hydrogens (tertiary/aromatic N) is 5. The van der Waals surface area contributed by atoms with E-state index in [-0.39, 0.29) is 0 Å². The smallest absolute Gasteiger partial charge is 0.158 e. The first-order valence-electron chi connectivity index (χ1n) is 8.91. The molecule has 5 rings (SSSR count). The highest BCUT2D eigenvalue weighted by molar-refractivity contribution is 9.10. The largest absolute Gasteiger partial charge is 0.457 e. The second kappa shape index (κ2) is 7.14. The van der Waals surface area contributed by atoms with E-state index >= 15 is 0 Å². The molecule has 0 atom stereocenters. The van der Waals surface area contributed by atoms with Crippen LogP contribution >= 0.6 is 15.9 Å². The summed E-state index contributed by atoms with van der Waals surface area (Å²) in [5.41, 5.74) is 3.53.